The summed E-state index contributed by atoms with van der Waals surface area (Å²) in [6.07, 6.45) is -4.50. The largest absolute Gasteiger partial charge is 0.435 e. The maximum Gasteiger partial charge on any atom is 0.435 e. The van der Waals surface area contributed by atoms with Gasteiger partial charge in [0, 0.05) is 0 Å². The smallest absolute Gasteiger partial charge is 0.279 e. The van der Waals surface area contributed by atoms with E-state index in [4.69, 9.17) is 0 Å². The van der Waals surface area contributed by atoms with Crippen LogP contribution >= 0.6 is 0 Å². The summed E-state index contributed by atoms with van der Waals surface area (Å²) < 4.78 is 46.9. The Morgan fingerprint density at radius 1 is 1.45 bits per heavy atom. The van der Waals surface area contributed by atoms with E-state index in [1.165, 1.54) is 0 Å². The van der Waals surface area contributed by atoms with Crippen molar-refractivity contribution in [3.63, 3.8) is 0 Å². The fraction of sp³-hybridized carbons (Fsp3) is 0.400. The lowest BCUT2D eigenvalue weighted by Crippen LogP contribution is -2.04. The number of aromatic nitrogens is 2. The third-order valence-corrected chi connectivity index (χ3v) is 1.07. The second-order valence-corrected chi connectivity index (χ2v) is 1.91. The van der Waals surface area contributed by atoms with E-state index < -0.39 is 18.5 Å². The first-order valence-electron chi connectivity index (χ1n) is 2.71. The van der Waals surface area contributed by atoms with Gasteiger partial charge in [0.15, 0.2) is 5.69 Å². The summed E-state index contributed by atoms with van der Waals surface area (Å²) in [6.45, 7) is -0.969. The Hall–Kier alpha value is -1.07. The van der Waals surface area contributed by atoms with Crippen LogP contribution in [-0.4, -0.2) is 10.2 Å². The molecule has 11 heavy (non-hydrogen) atoms. The highest BCUT2D eigenvalue weighted by Gasteiger charge is 2.33. The minimum atomic E-state index is -4.50. The Morgan fingerprint density at radius 2 is 2.09 bits per heavy atom. The van der Waals surface area contributed by atoms with Crippen molar-refractivity contribution in [2.75, 3.05) is 0 Å². The van der Waals surface area contributed by atoms with Crippen LogP contribution in [0, 0.1) is 0 Å². The van der Waals surface area contributed by atoms with Gasteiger partial charge in [-0.1, -0.05) is 0 Å². The summed E-state index contributed by atoms with van der Waals surface area (Å²) in [7, 11) is 0. The molecule has 0 aliphatic carbocycles. The van der Waals surface area contributed by atoms with Crippen LogP contribution in [0.5, 0.6) is 0 Å². The zero-order chi connectivity index (χ0) is 8.48. The van der Waals surface area contributed by atoms with Gasteiger partial charge >= 0.3 is 6.18 Å². The summed E-state index contributed by atoms with van der Waals surface area (Å²) in [4.78, 5) is 0. The number of hydrogen-bond donors (Lipinski definition) is 1. The normalized spacial score (nSPS) is 12.0. The zero-order valence-corrected chi connectivity index (χ0v) is 5.24. The lowest BCUT2D eigenvalue weighted by molar-refractivity contribution is -0.141. The van der Waals surface area contributed by atoms with Crippen molar-refractivity contribution in [2.45, 2.75) is 12.9 Å². The Bertz CT molecular complexity index is 239. The molecule has 1 aromatic rings. The molecule has 6 heteroatoms. The topological polar surface area (TPSA) is 28.7 Å². The van der Waals surface area contributed by atoms with E-state index in [1.807, 2.05) is 5.10 Å². The number of nitrogens with zero attached hydrogens (tertiary/aromatic N) is 1. The molecule has 0 aliphatic heterocycles. The molecule has 1 rings (SSSR count). The molecule has 0 unspecified atom stereocenters. The average Bonchev–Trinajstić information content (AvgIpc) is 2.32. The van der Waals surface area contributed by atoms with Crippen LogP contribution in [0.4, 0.5) is 17.6 Å². The van der Waals surface area contributed by atoms with Gasteiger partial charge in [0.1, 0.15) is 6.67 Å². The van der Waals surface area contributed by atoms with Gasteiger partial charge in [0.2, 0.25) is 0 Å². The van der Waals surface area contributed by atoms with Gasteiger partial charge in [-0.2, -0.15) is 18.3 Å². The molecule has 0 saturated carbocycles. The number of H-pyrrole nitrogens is 1. The molecule has 0 fully saturated rings. The van der Waals surface area contributed by atoms with Crippen molar-refractivity contribution in [3.05, 3.63) is 17.5 Å². The Labute approximate surface area is 59.2 Å². The fourth-order valence-corrected chi connectivity index (χ4v) is 0.575. The molecule has 0 atom stereocenters. The summed E-state index contributed by atoms with van der Waals surface area (Å²) >= 11 is 0. The highest BCUT2D eigenvalue weighted by Crippen LogP contribution is 2.27. The number of alkyl halides is 4. The minimum absolute atomic E-state index is 0.169. The molecular formula is C5H4F4N2. The van der Waals surface area contributed by atoms with E-state index >= 15 is 0 Å². The van der Waals surface area contributed by atoms with Gasteiger partial charge in [0.05, 0.1) is 5.69 Å². The number of hydrogen-bond acceptors (Lipinski definition) is 1. The fourth-order valence-electron chi connectivity index (χ4n) is 0.575. The van der Waals surface area contributed by atoms with E-state index in [0.717, 1.165) is 0 Å². The third kappa shape index (κ3) is 1.69. The minimum Gasteiger partial charge on any atom is -0.279 e. The van der Waals surface area contributed by atoms with Crippen LogP contribution in [-0.2, 0) is 12.9 Å². The standard InChI is InChI=1S/C5H4F4N2/c6-2-3-1-4(11-10-3)5(7,8)9/h1H,2H2,(H,10,11). The van der Waals surface area contributed by atoms with Gasteiger partial charge in [-0.25, -0.2) is 4.39 Å². The van der Waals surface area contributed by atoms with Crippen LogP contribution in [0.3, 0.4) is 0 Å². The van der Waals surface area contributed by atoms with Crippen LogP contribution in [0.25, 0.3) is 0 Å². The maximum absolute atomic E-state index is 11.7. The molecule has 0 amide bonds. The van der Waals surface area contributed by atoms with Gasteiger partial charge in [0.25, 0.3) is 0 Å². The van der Waals surface area contributed by atoms with E-state index in [-0.39, 0.29) is 5.69 Å². The summed E-state index contributed by atoms with van der Waals surface area (Å²) in [6, 6.07) is 0.639. The molecule has 62 valence electrons. The Morgan fingerprint density at radius 3 is 2.36 bits per heavy atom. The Kier molecular flexibility index (Phi) is 1.84. The first-order valence-corrected chi connectivity index (χ1v) is 2.71. The number of rotatable bonds is 1. The number of halogens is 4. The van der Waals surface area contributed by atoms with Crippen molar-refractivity contribution >= 4 is 0 Å². The van der Waals surface area contributed by atoms with E-state index in [1.54, 1.807) is 0 Å². The third-order valence-electron chi connectivity index (χ3n) is 1.07. The van der Waals surface area contributed by atoms with E-state index in [2.05, 4.69) is 5.10 Å². The second-order valence-electron chi connectivity index (χ2n) is 1.91. The monoisotopic (exact) mass is 168 g/mol. The molecular weight excluding hydrogens is 164 g/mol. The van der Waals surface area contributed by atoms with Crippen LogP contribution in [0.1, 0.15) is 11.4 Å². The van der Waals surface area contributed by atoms with E-state index in [9.17, 15) is 17.6 Å². The van der Waals surface area contributed by atoms with Gasteiger partial charge in [-0.15, -0.1) is 0 Å². The number of aromatic amines is 1. The SMILES string of the molecule is FCc1cc(C(F)(F)F)n[nH]1. The molecule has 1 heterocycles. The molecule has 0 bridgehead atoms. The first kappa shape index (κ1) is 8.03. The highest BCUT2D eigenvalue weighted by molar-refractivity contribution is 5.10. The molecule has 0 aromatic carbocycles. The molecule has 1 aromatic heterocycles. The zero-order valence-electron chi connectivity index (χ0n) is 5.24. The lowest BCUT2D eigenvalue weighted by Gasteiger charge is -1.98. The Balaban J connectivity index is 2.89. The predicted octanol–water partition coefficient (Wildman–Crippen LogP) is 1.90. The average molecular weight is 168 g/mol. The number of nitrogens with one attached hydrogen (secondary N) is 1. The molecule has 0 spiro atoms. The first-order chi connectivity index (χ1) is 5.04. The van der Waals surface area contributed by atoms with Crippen LogP contribution in [0.15, 0.2) is 6.07 Å². The molecule has 0 radical (unpaired) electrons. The van der Waals surface area contributed by atoms with Gasteiger partial charge < -0.3 is 0 Å². The molecule has 2 nitrogen and oxygen atoms in total. The van der Waals surface area contributed by atoms with Crippen LogP contribution in [0.2, 0.25) is 0 Å². The van der Waals surface area contributed by atoms with Crippen molar-refractivity contribution in [3.8, 4) is 0 Å². The van der Waals surface area contributed by atoms with Crippen LogP contribution < -0.4 is 0 Å². The van der Waals surface area contributed by atoms with Crippen molar-refractivity contribution in [1.29, 1.82) is 0 Å². The highest BCUT2D eigenvalue weighted by atomic mass is 19.4. The molecule has 1 N–H and O–H groups in total. The van der Waals surface area contributed by atoms with Crippen molar-refractivity contribution in [1.82, 2.24) is 10.2 Å². The van der Waals surface area contributed by atoms with Gasteiger partial charge in [-0.05, 0) is 6.07 Å². The van der Waals surface area contributed by atoms with Gasteiger partial charge in [-0.3, -0.25) is 5.10 Å². The second kappa shape index (κ2) is 2.52. The quantitative estimate of drug-likeness (QED) is 0.637. The van der Waals surface area contributed by atoms with E-state index in [0.29, 0.717) is 6.07 Å². The molecule has 0 saturated heterocycles. The summed E-state index contributed by atoms with van der Waals surface area (Å²) in [5, 5.41) is 4.79. The van der Waals surface area contributed by atoms with Crippen molar-refractivity contribution in [2.24, 2.45) is 0 Å². The molecule has 0 aliphatic rings. The lowest BCUT2D eigenvalue weighted by atomic mass is 10.4. The predicted molar refractivity (Wildman–Crippen MR) is 28.4 cm³/mol. The maximum atomic E-state index is 11.7. The summed E-state index contributed by atoms with van der Waals surface area (Å²) in [5.41, 5.74) is -1.26. The summed E-state index contributed by atoms with van der Waals surface area (Å²) in [5.74, 6) is 0. The van der Waals surface area contributed by atoms with Crippen molar-refractivity contribution < 1.29 is 17.6 Å².